The van der Waals surface area contributed by atoms with Crippen molar-refractivity contribution in [2.24, 2.45) is 11.3 Å². The molecule has 4 heteroatoms. The maximum absolute atomic E-state index is 12.9. The average molecular weight is 283 g/mol. The Hall–Kier alpha value is -0.610. The molecule has 0 radical (unpaired) electrons. The van der Waals surface area contributed by atoms with E-state index in [1.54, 1.807) is 0 Å². The average Bonchev–Trinajstić information content (AvgIpc) is 2.35. The van der Waals surface area contributed by atoms with Gasteiger partial charge in [0.05, 0.1) is 18.3 Å². The fourth-order valence-corrected chi connectivity index (χ4v) is 3.73. The van der Waals surface area contributed by atoms with Crippen molar-refractivity contribution < 1.29 is 14.6 Å². The van der Waals surface area contributed by atoms with Crippen LogP contribution in [0.2, 0.25) is 0 Å². The third-order valence-electron chi connectivity index (χ3n) is 4.80. The van der Waals surface area contributed by atoms with Gasteiger partial charge in [-0.15, -0.1) is 0 Å². The molecule has 0 bridgehead atoms. The Balaban J connectivity index is 2.11. The van der Waals surface area contributed by atoms with E-state index in [2.05, 4.69) is 13.8 Å². The van der Waals surface area contributed by atoms with Gasteiger partial charge in [-0.1, -0.05) is 26.7 Å². The summed E-state index contributed by atoms with van der Waals surface area (Å²) in [5.74, 6) is 0.369. The lowest BCUT2D eigenvalue weighted by Gasteiger charge is -2.46. The summed E-state index contributed by atoms with van der Waals surface area (Å²) in [5, 5.41) is 9.37. The summed E-state index contributed by atoms with van der Waals surface area (Å²) < 4.78 is 5.80. The van der Waals surface area contributed by atoms with Gasteiger partial charge in [-0.3, -0.25) is 4.79 Å². The zero-order chi connectivity index (χ0) is 15.0. The molecular weight excluding hydrogens is 254 g/mol. The van der Waals surface area contributed by atoms with Crippen LogP contribution in [0, 0.1) is 11.3 Å². The highest BCUT2D eigenvalue weighted by molar-refractivity contribution is 5.80. The van der Waals surface area contributed by atoms with Crippen molar-refractivity contribution >= 4 is 5.91 Å². The Kier molecular flexibility index (Phi) is 4.45. The van der Waals surface area contributed by atoms with Crippen LogP contribution in [0.5, 0.6) is 0 Å². The third kappa shape index (κ3) is 3.34. The van der Waals surface area contributed by atoms with E-state index in [1.807, 2.05) is 18.7 Å². The van der Waals surface area contributed by atoms with Crippen LogP contribution in [0.3, 0.4) is 0 Å². The molecule has 2 rings (SSSR count). The SMILES string of the molecule is CC1(C)CN(C(=O)C2CCCCC2(C)C)CC(CO)O1. The van der Waals surface area contributed by atoms with Crippen LogP contribution < -0.4 is 0 Å². The molecular formula is C16H29NO3. The van der Waals surface area contributed by atoms with Crippen molar-refractivity contribution in [2.75, 3.05) is 19.7 Å². The minimum absolute atomic E-state index is 0.0265. The monoisotopic (exact) mass is 283 g/mol. The summed E-state index contributed by atoms with van der Waals surface area (Å²) in [4.78, 5) is 14.8. The lowest BCUT2D eigenvalue weighted by Crippen LogP contribution is -2.58. The third-order valence-corrected chi connectivity index (χ3v) is 4.80. The molecule has 0 aromatic carbocycles. The molecule has 2 aliphatic rings. The van der Waals surface area contributed by atoms with Crippen molar-refractivity contribution in [3.63, 3.8) is 0 Å². The molecule has 1 amide bonds. The number of aliphatic hydroxyl groups is 1. The van der Waals surface area contributed by atoms with Gasteiger partial charge < -0.3 is 14.7 Å². The van der Waals surface area contributed by atoms with Crippen LogP contribution in [-0.2, 0) is 9.53 Å². The smallest absolute Gasteiger partial charge is 0.226 e. The topological polar surface area (TPSA) is 49.8 Å². The van der Waals surface area contributed by atoms with Crippen LogP contribution in [0.25, 0.3) is 0 Å². The first-order chi connectivity index (χ1) is 9.25. The highest BCUT2D eigenvalue weighted by Crippen LogP contribution is 2.42. The van der Waals surface area contributed by atoms with Gasteiger partial charge in [-0.25, -0.2) is 0 Å². The molecule has 0 aromatic heterocycles. The van der Waals surface area contributed by atoms with E-state index < -0.39 is 0 Å². The Labute approximate surface area is 122 Å². The Bertz CT molecular complexity index is 365. The van der Waals surface area contributed by atoms with Gasteiger partial charge in [0, 0.05) is 19.0 Å². The molecule has 2 fully saturated rings. The molecule has 1 aliphatic carbocycles. The molecule has 2 unspecified atom stereocenters. The molecule has 1 N–H and O–H groups in total. The Morgan fingerprint density at radius 3 is 2.60 bits per heavy atom. The van der Waals surface area contributed by atoms with E-state index in [9.17, 15) is 9.90 Å². The quantitative estimate of drug-likeness (QED) is 0.845. The van der Waals surface area contributed by atoms with Gasteiger partial charge in [-0.2, -0.15) is 0 Å². The van der Waals surface area contributed by atoms with Crippen LogP contribution in [0.15, 0.2) is 0 Å². The zero-order valence-corrected chi connectivity index (χ0v) is 13.3. The van der Waals surface area contributed by atoms with Gasteiger partial charge >= 0.3 is 0 Å². The predicted molar refractivity (Wildman–Crippen MR) is 78.4 cm³/mol. The summed E-state index contributed by atoms with van der Waals surface area (Å²) in [6.07, 6.45) is 4.24. The molecule has 1 heterocycles. The second-order valence-electron chi connectivity index (χ2n) is 7.69. The standard InChI is InChI=1S/C16H29NO3/c1-15(2)8-6-5-7-13(15)14(19)17-9-12(10-18)20-16(3,4)11-17/h12-13,18H,5-11H2,1-4H3. The number of hydrogen-bond acceptors (Lipinski definition) is 3. The first-order valence-electron chi connectivity index (χ1n) is 7.83. The minimum Gasteiger partial charge on any atom is -0.394 e. The molecule has 4 nitrogen and oxygen atoms in total. The highest BCUT2D eigenvalue weighted by atomic mass is 16.5. The Morgan fingerprint density at radius 1 is 1.30 bits per heavy atom. The molecule has 2 atom stereocenters. The molecule has 1 aliphatic heterocycles. The number of aliphatic hydroxyl groups excluding tert-OH is 1. The van der Waals surface area contributed by atoms with Gasteiger partial charge in [0.25, 0.3) is 0 Å². The van der Waals surface area contributed by atoms with Crippen molar-refractivity contribution in [1.29, 1.82) is 0 Å². The summed E-state index contributed by atoms with van der Waals surface area (Å²) in [7, 11) is 0. The Morgan fingerprint density at radius 2 is 2.00 bits per heavy atom. The van der Waals surface area contributed by atoms with Crippen LogP contribution in [0.1, 0.15) is 53.4 Å². The molecule has 0 spiro atoms. The summed E-state index contributed by atoms with van der Waals surface area (Å²) in [6.45, 7) is 9.51. The van der Waals surface area contributed by atoms with Crippen molar-refractivity contribution in [2.45, 2.75) is 65.1 Å². The molecule has 116 valence electrons. The second-order valence-corrected chi connectivity index (χ2v) is 7.69. The number of carbonyl (C=O) groups excluding carboxylic acids is 1. The lowest BCUT2D eigenvalue weighted by atomic mass is 9.68. The summed E-state index contributed by atoms with van der Waals surface area (Å²) in [6, 6.07) is 0. The normalized spacial score (nSPS) is 33.0. The molecule has 20 heavy (non-hydrogen) atoms. The first kappa shape index (κ1) is 15.8. The number of amides is 1. The first-order valence-corrected chi connectivity index (χ1v) is 7.83. The van der Waals surface area contributed by atoms with Crippen molar-refractivity contribution in [3.8, 4) is 0 Å². The fraction of sp³-hybridized carbons (Fsp3) is 0.938. The van der Waals surface area contributed by atoms with Crippen molar-refractivity contribution in [1.82, 2.24) is 4.90 Å². The van der Waals surface area contributed by atoms with Gasteiger partial charge in [0.15, 0.2) is 0 Å². The zero-order valence-electron chi connectivity index (χ0n) is 13.3. The lowest BCUT2D eigenvalue weighted by molar-refractivity contribution is -0.173. The minimum atomic E-state index is -0.375. The number of morpholine rings is 1. The van der Waals surface area contributed by atoms with Crippen molar-refractivity contribution in [3.05, 3.63) is 0 Å². The van der Waals surface area contributed by atoms with Gasteiger partial charge in [0.2, 0.25) is 5.91 Å². The number of ether oxygens (including phenoxy) is 1. The largest absolute Gasteiger partial charge is 0.394 e. The summed E-state index contributed by atoms with van der Waals surface area (Å²) >= 11 is 0. The number of rotatable bonds is 2. The maximum atomic E-state index is 12.9. The van der Waals surface area contributed by atoms with Gasteiger partial charge in [0.1, 0.15) is 0 Å². The van der Waals surface area contributed by atoms with E-state index in [4.69, 9.17) is 4.74 Å². The fourth-order valence-electron chi connectivity index (χ4n) is 3.73. The molecule has 1 saturated carbocycles. The van der Waals surface area contributed by atoms with Crippen LogP contribution in [-0.4, -0.2) is 47.3 Å². The number of carbonyl (C=O) groups is 1. The van der Waals surface area contributed by atoms with E-state index in [1.165, 1.54) is 6.42 Å². The molecule has 0 aromatic rings. The number of hydrogen-bond donors (Lipinski definition) is 1. The van der Waals surface area contributed by atoms with E-state index in [0.29, 0.717) is 13.1 Å². The van der Waals surface area contributed by atoms with Gasteiger partial charge in [-0.05, 0) is 32.1 Å². The van der Waals surface area contributed by atoms with E-state index >= 15 is 0 Å². The predicted octanol–water partition coefficient (Wildman–Crippen LogP) is 2.20. The van der Waals surface area contributed by atoms with E-state index in [-0.39, 0.29) is 35.6 Å². The van der Waals surface area contributed by atoms with E-state index in [0.717, 1.165) is 19.3 Å². The highest BCUT2D eigenvalue weighted by Gasteiger charge is 2.43. The second kappa shape index (κ2) is 5.64. The van der Waals surface area contributed by atoms with Crippen LogP contribution >= 0.6 is 0 Å². The molecule has 1 saturated heterocycles. The summed E-state index contributed by atoms with van der Waals surface area (Å²) in [5.41, 5.74) is -0.285. The van der Waals surface area contributed by atoms with Crippen LogP contribution in [0.4, 0.5) is 0 Å². The maximum Gasteiger partial charge on any atom is 0.226 e. The number of nitrogens with zero attached hydrogens (tertiary/aromatic N) is 1.